The normalized spacial score (nSPS) is 18.2. The molecule has 0 atom stereocenters. The van der Waals surface area contributed by atoms with E-state index < -0.39 is 0 Å². The number of hydrogen-bond donors (Lipinski definition) is 1. The van der Waals surface area contributed by atoms with Crippen LogP contribution >= 0.6 is 0 Å². The molecule has 0 amide bonds. The maximum atomic E-state index is 3.73. The van der Waals surface area contributed by atoms with E-state index >= 15 is 0 Å². The van der Waals surface area contributed by atoms with Crippen molar-refractivity contribution in [2.75, 3.05) is 26.2 Å². The van der Waals surface area contributed by atoms with E-state index in [0.29, 0.717) is 0 Å². The van der Waals surface area contributed by atoms with Gasteiger partial charge in [-0.25, -0.2) is 0 Å². The zero-order valence-corrected chi connectivity index (χ0v) is 12.2. The first-order valence-corrected chi connectivity index (χ1v) is 7.68. The Balaban J connectivity index is 2.01. The van der Waals surface area contributed by atoms with Gasteiger partial charge in [0.15, 0.2) is 0 Å². The van der Waals surface area contributed by atoms with Gasteiger partial charge in [0.05, 0.1) is 0 Å². The first-order valence-electron chi connectivity index (χ1n) is 7.68. The van der Waals surface area contributed by atoms with Crippen molar-refractivity contribution in [3.63, 3.8) is 0 Å². The summed E-state index contributed by atoms with van der Waals surface area (Å²) in [5, 5.41) is 3.73. The fourth-order valence-electron chi connectivity index (χ4n) is 2.81. The molecule has 0 aliphatic heterocycles. The van der Waals surface area contributed by atoms with Crippen molar-refractivity contribution in [1.29, 1.82) is 0 Å². The van der Waals surface area contributed by atoms with Gasteiger partial charge in [-0.2, -0.15) is 0 Å². The average molecular weight is 240 g/mol. The molecule has 1 fully saturated rings. The maximum absolute atomic E-state index is 3.73. The van der Waals surface area contributed by atoms with Crippen LogP contribution in [-0.4, -0.2) is 37.1 Å². The second-order valence-electron chi connectivity index (χ2n) is 5.93. The molecule has 0 saturated heterocycles. The highest BCUT2D eigenvalue weighted by Crippen LogP contribution is 2.17. The summed E-state index contributed by atoms with van der Waals surface area (Å²) >= 11 is 0. The Morgan fingerprint density at radius 3 is 2.47 bits per heavy atom. The minimum atomic E-state index is 0.793. The van der Waals surface area contributed by atoms with Gasteiger partial charge in [0.25, 0.3) is 0 Å². The van der Waals surface area contributed by atoms with Crippen LogP contribution in [0, 0.1) is 5.92 Å². The molecule has 1 saturated carbocycles. The molecule has 0 radical (unpaired) electrons. The summed E-state index contributed by atoms with van der Waals surface area (Å²) in [5.41, 5.74) is 0. The van der Waals surface area contributed by atoms with E-state index in [9.17, 15) is 0 Å². The Hall–Kier alpha value is -0.0800. The van der Waals surface area contributed by atoms with Gasteiger partial charge in [0, 0.05) is 12.6 Å². The SMILES string of the molecule is CCN(CCCNC1CCCCC1)CC(C)C. The number of rotatable bonds is 8. The van der Waals surface area contributed by atoms with Crippen LogP contribution in [0.3, 0.4) is 0 Å². The van der Waals surface area contributed by atoms with Crippen LogP contribution in [0.15, 0.2) is 0 Å². The molecule has 102 valence electrons. The lowest BCUT2D eigenvalue weighted by Crippen LogP contribution is -2.35. The highest BCUT2D eigenvalue weighted by molar-refractivity contribution is 4.72. The largest absolute Gasteiger partial charge is 0.314 e. The van der Waals surface area contributed by atoms with E-state index in [4.69, 9.17) is 0 Å². The maximum Gasteiger partial charge on any atom is 0.00670 e. The van der Waals surface area contributed by atoms with E-state index in [0.717, 1.165) is 12.0 Å². The highest BCUT2D eigenvalue weighted by Gasteiger charge is 2.12. The zero-order chi connectivity index (χ0) is 12.5. The van der Waals surface area contributed by atoms with E-state index in [1.54, 1.807) is 0 Å². The van der Waals surface area contributed by atoms with Crippen LogP contribution in [0.5, 0.6) is 0 Å². The first kappa shape index (κ1) is 15.0. The quantitative estimate of drug-likeness (QED) is 0.655. The molecule has 0 spiro atoms. The third-order valence-corrected chi connectivity index (χ3v) is 3.76. The van der Waals surface area contributed by atoms with Gasteiger partial charge in [0.1, 0.15) is 0 Å². The molecule has 2 nitrogen and oxygen atoms in total. The number of hydrogen-bond acceptors (Lipinski definition) is 2. The first-order chi connectivity index (χ1) is 8.22. The third kappa shape index (κ3) is 7.05. The van der Waals surface area contributed by atoms with Crippen molar-refractivity contribution < 1.29 is 0 Å². The van der Waals surface area contributed by atoms with Gasteiger partial charge in [0.2, 0.25) is 0 Å². The van der Waals surface area contributed by atoms with Crippen LogP contribution in [-0.2, 0) is 0 Å². The van der Waals surface area contributed by atoms with Crippen molar-refractivity contribution in [2.45, 2.75) is 65.3 Å². The molecule has 17 heavy (non-hydrogen) atoms. The summed E-state index contributed by atoms with van der Waals surface area (Å²) in [5.74, 6) is 0.793. The van der Waals surface area contributed by atoms with Gasteiger partial charge in [-0.15, -0.1) is 0 Å². The monoisotopic (exact) mass is 240 g/mol. The molecular formula is C15H32N2. The lowest BCUT2D eigenvalue weighted by Gasteiger charge is -2.25. The van der Waals surface area contributed by atoms with Crippen LogP contribution in [0.25, 0.3) is 0 Å². The zero-order valence-electron chi connectivity index (χ0n) is 12.2. The minimum Gasteiger partial charge on any atom is -0.314 e. The summed E-state index contributed by atoms with van der Waals surface area (Å²) in [6.07, 6.45) is 8.44. The molecule has 0 aromatic carbocycles. The van der Waals surface area contributed by atoms with Gasteiger partial charge in [-0.3, -0.25) is 0 Å². The molecule has 1 aliphatic carbocycles. The molecule has 1 rings (SSSR count). The molecule has 0 aromatic heterocycles. The molecule has 0 aromatic rings. The molecule has 1 N–H and O–H groups in total. The third-order valence-electron chi connectivity index (χ3n) is 3.76. The second kappa shape index (κ2) is 8.93. The van der Waals surface area contributed by atoms with Gasteiger partial charge >= 0.3 is 0 Å². The van der Waals surface area contributed by atoms with E-state index in [1.165, 1.54) is 64.7 Å². The Labute approximate surface area is 108 Å². The molecule has 0 unspecified atom stereocenters. The van der Waals surface area contributed by atoms with E-state index in [1.807, 2.05) is 0 Å². The fourth-order valence-corrected chi connectivity index (χ4v) is 2.81. The van der Waals surface area contributed by atoms with Crippen LogP contribution in [0.2, 0.25) is 0 Å². The van der Waals surface area contributed by atoms with Gasteiger partial charge in [-0.1, -0.05) is 40.0 Å². The Bertz CT molecular complexity index is 174. The van der Waals surface area contributed by atoms with Crippen molar-refractivity contribution >= 4 is 0 Å². The van der Waals surface area contributed by atoms with Crippen LogP contribution in [0.4, 0.5) is 0 Å². The molecule has 2 heteroatoms. The molecule has 1 aliphatic rings. The highest BCUT2D eigenvalue weighted by atomic mass is 15.1. The van der Waals surface area contributed by atoms with Crippen LogP contribution in [0.1, 0.15) is 59.3 Å². The standard InChI is InChI=1S/C15H32N2/c1-4-17(13-14(2)3)12-8-11-16-15-9-6-5-7-10-15/h14-16H,4-13H2,1-3H3. The summed E-state index contributed by atoms with van der Waals surface area (Å²) in [6.45, 7) is 11.8. The Morgan fingerprint density at radius 2 is 1.88 bits per heavy atom. The van der Waals surface area contributed by atoms with Gasteiger partial charge < -0.3 is 10.2 Å². The van der Waals surface area contributed by atoms with E-state index in [-0.39, 0.29) is 0 Å². The van der Waals surface area contributed by atoms with Crippen molar-refractivity contribution in [3.05, 3.63) is 0 Å². The minimum absolute atomic E-state index is 0.793. The summed E-state index contributed by atoms with van der Waals surface area (Å²) in [6, 6.07) is 0.823. The summed E-state index contributed by atoms with van der Waals surface area (Å²) in [4.78, 5) is 2.58. The van der Waals surface area contributed by atoms with Gasteiger partial charge in [-0.05, 0) is 44.8 Å². The van der Waals surface area contributed by atoms with Crippen molar-refractivity contribution in [1.82, 2.24) is 10.2 Å². The predicted octanol–water partition coefficient (Wildman–Crippen LogP) is 3.28. The summed E-state index contributed by atoms with van der Waals surface area (Å²) < 4.78 is 0. The second-order valence-corrected chi connectivity index (χ2v) is 5.93. The Morgan fingerprint density at radius 1 is 1.18 bits per heavy atom. The molecule has 0 bridgehead atoms. The topological polar surface area (TPSA) is 15.3 Å². The lowest BCUT2D eigenvalue weighted by atomic mass is 9.95. The fraction of sp³-hybridized carbons (Fsp3) is 1.00. The van der Waals surface area contributed by atoms with Crippen molar-refractivity contribution in [2.24, 2.45) is 5.92 Å². The average Bonchev–Trinajstić information content (AvgIpc) is 2.34. The summed E-state index contributed by atoms with van der Waals surface area (Å²) in [7, 11) is 0. The predicted molar refractivity (Wildman–Crippen MR) is 76.4 cm³/mol. The lowest BCUT2D eigenvalue weighted by molar-refractivity contribution is 0.249. The molecule has 0 heterocycles. The number of nitrogens with one attached hydrogen (secondary N) is 1. The smallest absolute Gasteiger partial charge is 0.00670 e. The van der Waals surface area contributed by atoms with Crippen molar-refractivity contribution in [3.8, 4) is 0 Å². The van der Waals surface area contributed by atoms with E-state index in [2.05, 4.69) is 31.0 Å². The number of nitrogens with zero attached hydrogens (tertiary/aromatic N) is 1. The molecular weight excluding hydrogens is 208 g/mol. The Kier molecular flexibility index (Phi) is 7.87. The van der Waals surface area contributed by atoms with Crippen LogP contribution < -0.4 is 5.32 Å².